The van der Waals surface area contributed by atoms with Crippen LogP contribution in [0.15, 0.2) is 10.7 Å². The highest BCUT2D eigenvalue weighted by Gasteiger charge is 2.16. The van der Waals surface area contributed by atoms with Gasteiger partial charge in [-0.1, -0.05) is 0 Å². The molecule has 1 aromatic heterocycles. The topological polar surface area (TPSA) is 58.3 Å². The average molecular weight is 302 g/mol. The summed E-state index contributed by atoms with van der Waals surface area (Å²) in [7, 11) is 4.11. The molecule has 1 rings (SSSR count). The monoisotopic (exact) mass is 301 g/mol. The van der Waals surface area contributed by atoms with Crippen LogP contribution in [0.2, 0.25) is 0 Å². The van der Waals surface area contributed by atoms with E-state index >= 15 is 0 Å². The standard InChI is InChI=1S/C11H20BrN5/c1-5-17(8(2)7-16(3)4)11-14-9(12)6-10(13)15-11/h6,8H,5,7H2,1-4H3,(H2,13,14,15). The summed E-state index contributed by atoms with van der Waals surface area (Å²) in [5.74, 6) is 1.16. The predicted octanol–water partition coefficient (Wildman–Crippen LogP) is 1.60. The summed E-state index contributed by atoms with van der Waals surface area (Å²) in [4.78, 5) is 12.9. The third kappa shape index (κ3) is 4.12. The lowest BCUT2D eigenvalue weighted by Gasteiger charge is -2.30. The molecule has 0 amide bonds. The number of nitrogens with two attached hydrogens (primary N) is 1. The number of nitrogen functional groups attached to an aromatic ring is 1. The first-order valence-electron chi connectivity index (χ1n) is 5.65. The number of nitrogens with zero attached hydrogens (tertiary/aromatic N) is 4. The molecule has 0 spiro atoms. The highest BCUT2D eigenvalue weighted by Crippen LogP contribution is 2.17. The molecule has 0 aliphatic rings. The minimum atomic E-state index is 0.337. The third-order valence-corrected chi connectivity index (χ3v) is 2.87. The first-order valence-corrected chi connectivity index (χ1v) is 6.44. The molecule has 0 bridgehead atoms. The molecule has 96 valence electrons. The van der Waals surface area contributed by atoms with Gasteiger partial charge in [-0.15, -0.1) is 0 Å². The van der Waals surface area contributed by atoms with Gasteiger partial charge in [0.15, 0.2) is 0 Å². The molecule has 17 heavy (non-hydrogen) atoms. The van der Waals surface area contributed by atoms with Gasteiger partial charge < -0.3 is 15.5 Å². The van der Waals surface area contributed by atoms with Crippen molar-refractivity contribution in [3.8, 4) is 0 Å². The molecule has 0 aliphatic heterocycles. The molecular formula is C11H20BrN5. The Labute approximate surface area is 111 Å². The van der Waals surface area contributed by atoms with Gasteiger partial charge in [0, 0.05) is 25.2 Å². The van der Waals surface area contributed by atoms with Crippen LogP contribution in [-0.2, 0) is 0 Å². The van der Waals surface area contributed by atoms with E-state index in [9.17, 15) is 0 Å². The lowest BCUT2D eigenvalue weighted by atomic mass is 10.3. The molecule has 1 aromatic rings. The smallest absolute Gasteiger partial charge is 0.228 e. The van der Waals surface area contributed by atoms with Gasteiger partial charge in [-0.3, -0.25) is 0 Å². The van der Waals surface area contributed by atoms with Crippen LogP contribution in [0.3, 0.4) is 0 Å². The van der Waals surface area contributed by atoms with Crippen molar-refractivity contribution in [3.05, 3.63) is 10.7 Å². The minimum Gasteiger partial charge on any atom is -0.383 e. The molecule has 2 N–H and O–H groups in total. The number of hydrogen-bond donors (Lipinski definition) is 1. The van der Waals surface area contributed by atoms with E-state index in [-0.39, 0.29) is 0 Å². The highest BCUT2D eigenvalue weighted by molar-refractivity contribution is 9.10. The van der Waals surface area contributed by atoms with Crippen molar-refractivity contribution in [1.29, 1.82) is 0 Å². The van der Waals surface area contributed by atoms with E-state index < -0.39 is 0 Å². The Morgan fingerprint density at radius 3 is 2.53 bits per heavy atom. The van der Waals surface area contributed by atoms with Gasteiger partial charge in [0.25, 0.3) is 0 Å². The van der Waals surface area contributed by atoms with Gasteiger partial charge in [-0.05, 0) is 43.9 Å². The van der Waals surface area contributed by atoms with Crippen molar-refractivity contribution in [2.24, 2.45) is 0 Å². The number of likely N-dealkylation sites (N-methyl/N-ethyl adjacent to an activating group) is 2. The zero-order valence-corrected chi connectivity index (χ0v) is 12.4. The summed E-state index contributed by atoms with van der Waals surface area (Å²) in [5, 5.41) is 0. The molecule has 0 aliphatic carbocycles. The molecule has 0 radical (unpaired) electrons. The SMILES string of the molecule is CCN(c1nc(N)cc(Br)n1)C(C)CN(C)C. The van der Waals surface area contributed by atoms with Crippen molar-refractivity contribution in [3.63, 3.8) is 0 Å². The quantitative estimate of drug-likeness (QED) is 0.837. The zero-order chi connectivity index (χ0) is 13.0. The lowest BCUT2D eigenvalue weighted by molar-refractivity contribution is 0.371. The van der Waals surface area contributed by atoms with E-state index in [0.717, 1.165) is 17.7 Å². The third-order valence-electron chi connectivity index (χ3n) is 2.46. The van der Waals surface area contributed by atoms with Crippen molar-refractivity contribution >= 4 is 27.7 Å². The van der Waals surface area contributed by atoms with E-state index in [1.807, 2.05) is 0 Å². The van der Waals surface area contributed by atoms with E-state index in [4.69, 9.17) is 5.73 Å². The molecule has 1 atom stereocenters. The van der Waals surface area contributed by atoms with Gasteiger partial charge >= 0.3 is 0 Å². The van der Waals surface area contributed by atoms with Gasteiger partial charge in [0.05, 0.1) is 0 Å². The maximum Gasteiger partial charge on any atom is 0.228 e. The fraction of sp³-hybridized carbons (Fsp3) is 0.636. The van der Waals surface area contributed by atoms with Gasteiger partial charge in [-0.25, -0.2) is 4.98 Å². The molecule has 1 unspecified atom stereocenters. The average Bonchev–Trinajstić information content (AvgIpc) is 2.15. The maximum atomic E-state index is 5.74. The first-order chi connectivity index (χ1) is 7.93. The molecule has 0 aromatic carbocycles. The van der Waals surface area contributed by atoms with E-state index in [2.05, 4.69) is 63.6 Å². The van der Waals surface area contributed by atoms with Crippen LogP contribution in [0.1, 0.15) is 13.8 Å². The Balaban J connectivity index is 2.92. The minimum absolute atomic E-state index is 0.337. The maximum absolute atomic E-state index is 5.74. The Hall–Kier alpha value is -0.880. The summed E-state index contributed by atoms with van der Waals surface area (Å²) in [5.41, 5.74) is 5.74. The summed E-state index contributed by atoms with van der Waals surface area (Å²) in [6.45, 7) is 6.05. The lowest BCUT2D eigenvalue weighted by Crippen LogP contribution is -2.41. The van der Waals surface area contributed by atoms with Crippen molar-refractivity contribution < 1.29 is 0 Å². The Kier molecular flexibility index (Phi) is 5.14. The van der Waals surface area contributed by atoms with E-state index in [1.54, 1.807) is 6.07 Å². The fourth-order valence-electron chi connectivity index (χ4n) is 1.83. The summed E-state index contributed by atoms with van der Waals surface area (Å²) >= 11 is 3.34. The summed E-state index contributed by atoms with van der Waals surface area (Å²) in [6.07, 6.45) is 0. The summed E-state index contributed by atoms with van der Waals surface area (Å²) < 4.78 is 0.718. The van der Waals surface area contributed by atoms with Gasteiger partial charge in [0.2, 0.25) is 5.95 Å². The van der Waals surface area contributed by atoms with Gasteiger partial charge in [0.1, 0.15) is 10.4 Å². The largest absolute Gasteiger partial charge is 0.383 e. The fourth-order valence-corrected chi connectivity index (χ4v) is 2.22. The normalized spacial score (nSPS) is 12.8. The number of halogens is 1. The van der Waals surface area contributed by atoms with Crippen molar-refractivity contribution in [2.45, 2.75) is 19.9 Å². The zero-order valence-electron chi connectivity index (χ0n) is 10.8. The molecule has 6 heteroatoms. The number of aromatic nitrogens is 2. The van der Waals surface area contributed by atoms with Crippen LogP contribution in [0.5, 0.6) is 0 Å². The van der Waals surface area contributed by atoms with Crippen LogP contribution < -0.4 is 10.6 Å². The first kappa shape index (κ1) is 14.2. The molecule has 0 saturated heterocycles. The van der Waals surface area contributed by atoms with E-state index in [1.165, 1.54) is 0 Å². The van der Waals surface area contributed by atoms with E-state index in [0.29, 0.717) is 17.8 Å². The van der Waals surface area contributed by atoms with Crippen LogP contribution in [0.4, 0.5) is 11.8 Å². The Bertz CT molecular complexity index is 349. The van der Waals surface area contributed by atoms with Crippen LogP contribution in [0, 0.1) is 0 Å². The molecule has 0 fully saturated rings. The second-order valence-electron chi connectivity index (χ2n) is 4.31. The van der Waals surface area contributed by atoms with Crippen molar-refractivity contribution in [2.75, 3.05) is 37.8 Å². The van der Waals surface area contributed by atoms with Crippen LogP contribution in [0.25, 0.3) is 0 Å². The Morgan fingerprint density at radius 1 is 1.41 bits per heavy atom. The van der Waals surface area contributed by atoms with Crippen LogP contribution >= 0.6 is 15.9 Å². The highest BCUT2D eigenvalue weighted by atomic mass is 79.9. The molecule has 5 nitrogen and oxygen atoms in total. The number of hydrogen-bond acceptors (Lipinski definition) is 5. The predicted molar refractivity (Wildman–Crippen MR) is 75.2 cm³/mol. The summed E-state index contributed by atoms with van der Waals surface area (Å²) in [6, 6.07) is 2.04. The number of rotatable bonds is 5. The second-order valence-corrected chi connectivity index (χ2v) is 5.13. The second kappa shape index (κ2) is 6.16. The Morgan fingerprint density at radius 2 is 2.06 bits per heavy atom. The number of anilines is 2. The van der Waals surface area contributed by atoms with Gasteiger partial charge in [-0.2, -0.15) is 4.98 Å². The molecule has 1 heterocycles. The van der Waals surface area contributed by atoms with Crippen molar-refractivity contribution in [1.82, 2.24) is 14.9 Å². The molecular weight excluding hydrogens is 282 g/mol. The van der Waals surface area contributed by atoms with Crippen LogP contribution in [-0.4, -0.2) is 48.1 Å². The molecule has 0 saturated carbocycles.